The molecule has 2 amide bonds. The van der Waals surface area contributed by atoms with Gasteiger partial charge >= 0.3 is 12.0 Å². The molecule has 0 aliphatic heterocycles. The van der Waals surface area contributed by atoms with Crippen molar-refractivity contribution >= 4 is 23.8 Å². The number of nitrogens with zero attached hydrogens (tertiary/aromatic N) is 1. The zero-order valence-corrected chi connectivity index (χ0v) is 11.9. The normalized spacial score (nSPS) is 14.2. The van der Waals surface area contributed by atoms with E-state index in [4.69, 9.17) is 5.11 Å². The summed E-state index contributed by atoms with van der Waals surface area (Å²) in [5.74, 6) is -0.316. The highest BCUT2D eigenvalue weighted by atomic mass is 32.2. The van der Waals surface area contributed by atoms with Crippen LogP contribution in [0.5, 0.6) is 0 Å². The Morgan fingerprint density at radius 2 is 1.88 bits per heavy atom. The van der Waals surface area contributed by atoms with Crippen LogP contribution in [0, 0.1) is 5.92 Å². The van der Waals surface area contributed by atoms with E-state index in [-0.39, 0.29) is 18.0 Å². The van der Waals surface area contributed by atoms with E-state index in [0.29, 0.717) is 0 Å². The Balaban J connectivity index is 4.45. The number of carboxylic acids is 1. The predicted molar refractivity (Wildman–Crippen MR) is 70.4 cm³/mol. The van der Waals surface area contributed by atoms with Crippen LogP contribution in [-0.2, 0) is 4.79 Å². The minimum Gasteiger partial charge on any atom is -0.480 e. The maximum Gasteiger partial charge on any atom is 0.326 e. The molecule has 0 aromatic carbocycles. The summed E-state index contributed by atoms with van der Waals surface area (Å²) in [4.78, 5) is 24.3. The van der Waals surface area contributed by atoms with Crippen molar-refractivity contribution in [1.82, 2.24) is 10.2 Å². The Morgan fingerprint density at radius 1 is 1.35 bits per heavy atom. The fourth-order valence-electron chi connectivity index (χ4n) is 1.30. The first-order chi connectivity index (χ1) is 7.81. The van der Waals surface area contributed by atoms with Gasteiger partial charge in [-0.3, -0.25) is 0 Å². The van der Waals surface area contributed by atoms with Gasteiger partial charge in [-0.25, -0.2) is 9.59 Å². The maximum absolute atomic E-state index is 11.8. The molecule has 5 nitrogen and oxygen atoms in total. The molecule has 0 aliphatic carbocycles. The van der Waals surface area contributed by atoms with Crippen molar-refractivity contribution < 1.29 is 14.7 Å². The van der Waals surface area contributed by atoms with Crippen molar-refractivity contribution in [1.29, 1.82) is 0 Å². The standard InChI is InChI=1S/C11H22N2O3S/c1-7(2)9(10(14)15)12-11(16)13(4)8(3)6-17-5/h7-9H,6H2,1-5H3,(H,12,16)(H,14,15). The summed E-state index contributed by atoms with van der Waals surface area (Å²) in [6.07, 6.45) is 1.97. The number of carboxylic acid groups (broad SMARTS) is 1. The Bertz CT molecular complexity index is 271. The lowest BCUT2D eigenvalue weighted by Crippen LogP contribution is -2.51. The zero-order chi connectivity index (χ0) is 13.6. The number of urea groups is 1. The largest absolute Gasteiger partial charge is 0.480 e. The van der Waals surface area contributed by atoms with E-state index < -0.39 is 12.0 Å². The monoisotopic (exact) mass is 262 g/mol. The first-order valence-electron chi connectivity index (χ1n) is 5.56. The number of nitrogens with one attached hydrogen (secondary N) is 1. The summed E-state index contributed by atoms with van der Waals surface area (Å²) in [5, 5.41) is 11.5. The topological polar surface area (TPSA) is 69.6 Å². The summed E-state index contributed by atoms with van der Waals surface area (Å²) in [6, 6.07) is -1.11. The van der Waals surface area contributed by atoms with E-state index in [0.717, 1.165) is 5.75 Å². The number of carbonyl (C=O) groups excluding carboxylic acids is 1. The van der Waals surface area contributed by atoms with Crippen molar-refractivity contribution in [2.75, 3.05) is 19.1 Å². The van der Waals surface area contributed by atoms with Crippen LogP contribution in [0.15, 0.2) is 0 Å². The molecule has 0 aromatic rings. The lowest BCUT2D eigenvalue weighted by Gasteiger charge is -2.27. The van der Waals surface area contributed by atoms with Crippen LogP contribution < -0.4 is 5.32 Å². The summed E-state index contributed by atoms with van der Waals surface area (Å²) >= 11 is 1.65. The molecule has 0 rings (SSSR count). The van der Waals surface area contributed by atoms with Crippen molar-refractivity contribution in [3.63, 3.8) is 0 Å². The maximum atomic E-state index is 11.8. The van der Waals surface area contributed by atoms with Gasteiger partial charge in [0.1, 0.15) is 6.04 Å². The van der Waals surface area contributed by atoms with Gasteiger partial charge < -0.3 is 15.3 Å². The molecule has 100 valence electrons. The second-order valence-electron chi connectivity index (χ2n) is 4.42. The van der Waals surface area contributed by atoms with E-state index >= 15 is 0 Å². The van der Waals surface area contributed by atoms with Crippen LogP contribution in [0.1, 0.15) is 20.8 Å². The second kappa shape index (κ2) is 7.42. The average molecular weight is 262 g/mol. The molecule has 0 saturated heterocycles. The van der Waals surface area contributed by atoms with Gasteiger partial charge in [0.25, 0.3) is 0 Å². The molecule has 2 unspecified atom stereocenters. The van der Waals surface area contributed by atoms with Crippen LogP contribution in [-0.4, -0.2) is 53.1 Å². The molecular weight excluding hydrogens is 240 g/mol. The molecule has 0 fully saturated rings. The van der Waals surface area contributed by atoms with Gasteiger partial charge in [-0.05, 0) is 19.1 Å². The number of rotatable bonds is 6. The first-order valence-corrected chi connectivity index (χ1v) is 6.95. The quantitative estimate of drug-likeness (QED) is 0.761. The van der Waals surface area contributed by atoms with E-state index in [2.05, 4.69) is 5.32 Å². The molecule has 2 atom stereocenters. The van der Waals surface area contributed by atoms with E-state index in [1.165, 1.54) is 4.90 Å². The SMILES string of the molecule is CSCC(C)N(C)C(=O)NC(C(=O)O)C(C)C. The van der Waals surface area contributed by atoms with Crippen LogP contribution in [0.2, 0.25) is 0 Å². The van der Waals surface area contributed by atoms with E-state index in [1.54, 1.807) is 32.7 Å². The number of carbonyl (C=O) groups is 2. The highest BCUT2D eigenvalue weighted by Gasteiger charge is 2.26. The minimum atomic E-state index is -1.00. The van der Waals surface area contributed by atoms with Gasteiger partial charge in [0.05, 0.1) is 0 Å². The summed E-state index contributed by atoms with van der Waals surface area (Å²) < 4.78 is 0. The lowest BCUT2D eigenvalue weighted by atomic mass is 10.1. The van der Waals surface area contributed by atoms with E-state index in [9.17, 15) is 9.59 Å². The number of amides is 2. The summed E-state index contributed by atoms with van der Waals surface area (Å²) in [5.41, 5.74) is 0. The molecule has 0 aliphatic rings. The lowest BCUT2D eigenvalue weighted by molar-refractivity contribution is -0.140. The second-order valence-corrected chi connectivity index (χ2v) is 5.34. The third kappa shape index (κ3) is 5.30. The Labute approximate surface area is 107 Å². The predicted octanol–water partition coefficient (Wildman–Crippen LogP) is 1.49. The summed E-state index contributed by atoms with van der Waals surface area (Å²) in [7, 11) is 1.68. The zero-order valence-electron chi connectivity index (χ0n) is 11.1. The molecule has 17 heavy (non-hydrogen) atoms. The van der Waals surface area contributed by atoms with Gasteiger partial charge in [0.15, 0.2) is 0 Å². The molecule has 0 saturated carbocycles. The smallest absolute Gasteiger partial charge is 0.326 e. The molecule has 0 bridgehead atoms. The van der Waals surface area contributed by atoms with Crippen molar-refractivity contribution in [3.05, 3.63) is 0 Å². The molecule has 6 heteroatoms. The van der Waals surface area contributed by atoms with Crippen LogP contribution in [0.25, 0.3) is 0 Å². The molecule has 0 spiro atoms. The molecule has 0 heterocycles. The Morgan fingerprint density at radius 3 is 2.24 bits per heavy atom. The average Bonchev–Trinajstić information content (AvgIpc) is 2.23. The van der Waals surface area contributed by atoms with Gasteiger partial charge in [-0.1, -0.05) is 13.8 Å². The fourth-order valence-corrected chi connectivity index (χ4v) is 2.01. The minimum absolute atomic E-state index is 0.0756. The number of hydrogen-bond acceptors (Lipinski definition) is 3. The summed E-state index contributed by atoms with van der Waals surface area (Å²) in [6.45, 7) is 5.47. The molecule has 0 radical (unpaired) electrons. The van der Waals surface area contributed by atoms with Crippen molar-refractivity contribution in [2.24, 2.45) is 5.92 Å². The number of thioether (sulfide) groups is 1. The Kier molecular flexibility index (Phi) is 7.03. The highest BCUT2D eigenvalue weighted by Crippen LogP contribution is 2.06. The van der Waals surface area contributed by atoms with Gasteiger partial charge in [0.2, 0.25) is 0 Å². The highest BCUT2D eigenvalue weighted by molar-refractivity contribution is 7.98. The fraction of sp³-hybridized carbons (Fsp3) is 0.818. The van der Waals surface area contributed by atoms with Crippen LogP contribution in [0.4, 0.5) is 4.79 Å². The number of aliphatic carboxylic acids is 1. The molecule has 2 N–H and O–H groups in total. The van der Waals surface area contributed by atoms with Gasteiger partial charge in [-0.15, -0.1) is 0 Å². The molecular formula is C11H22N2O3S. The molecule has 0 aromatic heterocycles. The van der Waals surface area contributed by atoms with Crippen LogP contribution in [0.3, 0.4) is 0 Å². The van der Waals surface area contributed by atoms with Crippen molar-refractivity contribution in [3.8, 4) is 0 Å². The first kappa shape index (κ1) is 16.1. The third-order valence-electron chi connectivity index (χ3n) is 2.60. The third-order valence-corrected chi connectivity index (χ3v) is 3.42. The van der Waals surface area contributed by atoms with E-state index in [1.807, 2.05) is 13.2 Å². The van der Waals surface area contributed by atoms with Crippen molar-refractivity contribution in [2.45, 2.75) is 32.9 Å². The van der Waals surface area contributed by atoms with Crippen LogP contribution >= 0.6 is 11.8 Å². The van der Waals surface area contributed by atoms with Gasteiger partial charge in [-0.2, -0.15) is 11.8 Å². The van der Waals surface area contributed by atoms with Gasteiger partial charge in [0, 0.05) is 18.8 Å². The number of hydrogen-bond donors (Lipinski definition) is 2. The Hall–Kier alpha value is -0.910.